The van der Waals surface area contributed by atoms with Crippen LogP contribution >= 0.6 is 0 Å². The van der Waals surface area contributed by atoms with Crippen LogP contribution in [0.4, 0.5) is 17.3 Å². The third-order valence-corrected chi connectivity index (χ3v) is 4.49. The molecule has 0 unspecified atom stereocenters. The molecule has 1 aliphatic heterocycles. The number of fused-ring (bicyclic) bond motifs is 1. The van der Waals surface area contributed by atoms with Gasteiger partial charge in [0.15, 0.2) is 0 Å². The third-order valence-electron chi connectivity index (χ3n) is 4.49. The first kappa shape index (κ1) is 18.8. The Labute approximate surface area is 157 Å². The predicted molar refractivity (Wildman–Crippen MR) is 102 cm³/mol. The molecular formula is C18H24N6O3. The number of carbonyl (C=O) groups is 1. The van der Waals surface area contributed by atoms with Crippen molar-refractivity contribution in [3.05, 3.63) is 39.6 Å². The molecule has 0 radical (unpaired) electrons. The van der Waals surface area contributed by atoms with Gasteiger partial charge in [0, 0.05) is 31.9 Å². The molecule has 1 aliphatic rings. The molecular weight excluding hydrogens is 348 g/mol. The van der Waals surface area contributed by atoms with E-state index in [1.165, 1.54) is 10.9 Å². The predicted octanol–water partition coefficient (Wildman–Crippen LogP) is 1.12. The molecule has 0 aliphatic carbocycles. The summed E-state index contributed by atoms with van der Waals surface area (Å²) in [5.41, 5.74) is 7.60. The van der Waals surface area contributed by atoms with Gasteiger partial charge in [-0.3, -0.25) is 9.59 Å². The van der Waals surface area contributed by atoms with Gasteiger partial charge < -0.3 is 25.7 Å². The first-order valence-electron chi connectivity index (χ1n) is 8.93. The number of amides is 1. The summed E-state index contributed by atoms with van der Waals surface area (Å²) in [5, 5.41) is 5.89. The summed E-state index contributed by atoms with van der Waals surface area (Å²) in [6.07, 6.45) is 2.72. The molecule has 0 aromatic carbocycles. The van der Waals surface area contributed by atoms with Gasteiger partial charge >= 0.3 is 0 Å². The quantitative estimate of drug-likeness (QED) is 0.721. The van der Waals surface area contributed by atoms with E-state index in [1.54, 1.807) is 13.0 Å². The van der Waals surface area contributed by atoms with E-state index >= 15 is 0 Å². The van der Waals surface area contributed by atoms with E-state index in [0.717, 1.165) is 6.42 Å². The Hall–Kier alpha value is -2.94. The van der Waals surface area contributed by atoms with Crippen LogP contribution in [0, 0.1) is 13.8 Å². The number of ether oxygens (including phenoxy) is 1. The van der Waals surface area contributed by atoms with E-state index in [-0.39, 0.29) is 11.5 Å². The molecule has 2 aromatic rings. The van der Waals surface area contributed by atoms with Gasteiger partial charge in [0.05, 0.1) is 0 Å². The van der Waals surface area contributed by atoms with Crippen molar-refractivity contribution in [2.45, 2.75) is 33.2 Å². The molecule has 27 heavy (non-hydrogen) atoms. The first-order chi connectivity index (χ1) is 13.0. The monoisotopic (exact) mass is 372 g/mol. The highest BCUT2D eigenvalue weighted by atomic mass is 16.5. The zero-order chi connectivity index (χ0) is 19.4. The lowest BCUT2D eigenvalue weighted by Crippen LogP contribution is -2.34. The van der Waals surface area contributed by atoms with Crippen LogP contribution < -0.4 is 21.9 Å². The molecule has 0 atom stereocenters. The fourth-order valence-electron chi connectivity index (χ4n) is 3.01. The Morgan fingerprint density at radius 2 is 2.00 bits per heavy atom. The standard InChI is InChI=1S/C18H24N6O3/c1-11-9-13(23-16-12(2)15(19)21-10-22-16)18(26)24-6-4-8-27-7-3-5-20-17(25)14(11)24/h9-10H,3-8H2,1-2H3,(H,20,25)(H3,19,21,22,23). The minimum Gasteiger partial charge on any atom is -0.383 e. The number of aromatic nitrogens is 3. The molecule has 9 nitrogen and oxygen atoms in total. The molecule has 9 heteroatoms. The molecule has 3 rings (SSSR count). The van der Waals surface area contributed by atoms with Crippen molar-refractivity contribution in [3.63, 3.8) is 0 Å². The van der Waals surface area contributed by atoms with Gasteiger partial charge in [-0.1, -0.05) is 0 Å². The number of nitrogens with one attached hydrogen (secondary N) is 2. The van der Waals surface area contributed by atoms with Crippen LogP contribution in [0.25, 0.3) is 0 Å². The van der Waals surface area contributed by atoms with Crippen molar-refractivity contribution in [2.24, 2.45) is 0 Å². The maximum absolute atomic E-state index is 13.1. The Balaban J connectivity index is 2.04. The number of nitrogens with zero attached hydrogens (tertiary/aromatic N) is 3. The minimum atomic E-state index is -0.290. The molecule has 0 bridgehead atoms. The number of carbonyl (C=O) groups excluding carboxylic acids is 1. The molecule has 0 saturated heterocycles. The minimum absolute atomic E-state index is 0.250. The van der Waals surface area contributed by atoms with Gasteiger partial charge in [-0.05, 0) is 38.3 Å². The van der Waals surface area contributed by atoms with Crippen LogP contribution in [-0.2, 0) is 11.3 Å². The first-order valence-corrected chi connectivity index (χ1v) is 8.93. The van der Waals surface area contributed by atoms with Gasteiger partial charge in [0.25, 0.3) is 11.5 Å². The highest BCUT2D eigenvalue weighted by Gasteiger charge is 2.19. The van der Waals surface area contributed by atoms with Crippen LogP contribution in [0.5, 0.6) is 0 Å². The maximum Gasteiger partial charge on any atom is 0.274 e. The fourth-order valence-corrected chi connectivity index (χ4v) is 3.01. The van der Waals surface area contributed by atoms with Crippen molar-refractivity contribution < 1.29 is 9.53 Å². The molecule has 0 spiro atoms. The SMILES string of the molecule is Cc1cc(Nc2ncnc(N)c2C)c(=O)n2c1C(=O)NCCCOCCC2. The van der Waals surface area contributed by atoms with Crippen LogP contribution in [0.3, 0.4) is 0 Å². The van der Waals surface area contributed by atoms with Gasteiger partial charge in [-0.2, -0.15) is 0 Å². The Morgan fingerprint density at radius 3 is 2.81 bits per heavy atom. The lowest BCUT2D eigenvalue weighted by molar-refractivity contribution is 0.0938. The normalized spacial score (nSPS) is 15.4. The van der Waals surface area contributed by atoms with E-state index in [1.807, 2.05) is 6.92 Å². The molecule has 144 valence electrons. The maximum atomic E-state index is 13.1. The Morgan fingerprint density at radius 1 is 1.22 bits per heavy atom. The van der Waals surface area contributed by atoms with E-state index < -0.39 is 0 Å². The zero-order valence-corrected chi connectivity index (χ0v) is 15.5. The average molecular weight is 372 g/mol. The smallest absolute Gasteiger partial charge is 0.274 e. The molecule has 2 aromatic heterocycles. The summed E-state index contributed by atoms with van der Waals surface area (Å²) in [6.45, 7) is 5.61. The number of pyridine rings is 1. The van der Waals surface area contributed by atoms with Crippen molar-refractivity contribution in [1.82, 2.24) is 19.9 Å². The summed E-state index contributed by atoms with van der Waals surface area (Å²) >= 11 is 0. The largest absolute Gasteiger partial charge is 0.383 e. The molecule has 0 saturated carbocycles. The number of nitrogens with two attached hydrogens (primary N) is 1. The van der Waals surface area contributed by atoms with E-state index in [0.29, 0.717) is 66.9 Å². The van der Waals surface area contributed by atoms with Crippen molar-refractivity contribution >= 4 is 23.2 Å². The van der Waals surface area contributed by atoms with Crippen LogP contribution in [0.2, 0.25) is 0 Å². The van der Waals surface area contributed by atoms with E-state index in [4.69, 9.17) is 10.5 Å². The van der Waals surface area contributed by atoms with Crippen LogP contribution in [0.1, 0.15) is 34.5 Å². The molecule has 1 amide bonds. The zero-order valence-electron chi connectivity index (χ0n) is 15.5. The molecule has 0 fully saturated rings. The second-order valence-corrected chi connectivity index (χ2v) is 6.48. The number of hydrogen-bond acceptors (Lipinski definition) is 7. The number of hydrogen-bond donors (Lipinski definition) is 3. The van der Waals surface area contributed by atoms with E-state index in [9.17, 15) is 9.59 Å². The number of rotatable bonds is 2. The number of aryl methyl sites for hydroxylation is 1. The number of anilines is 3. The van der Waals surface area contributed by atoms with Crippen molar-refractivity contribution in [1.29, 1.82) is 0 Å². The Bertz CT molecular complexity index is 909. The van der Waals surface area contributed by atoms with Crippen molar-refractivity contribution in [2.75, 3.05) is 30.8 Å². The highest BCUT2D eigenvalue weighted by molar-refractivity contribution is 5.94. The van der Waals surface area contributed by atoms with Gasteiger partial charge in [-0.15, -0.1) is 0 Å². The van der Waals surface area contributed by atoms with Crippen molar-refractivity contribution in [3.8, 4) is 0 Å². The van der Waals surface area contributed by atoms with Crippen LogP contribution in [0.15, 0.2) is 17.2 Å². The molecule has 4 N–H and O–H groups in total. The summed E-state index contributed by atoms with van der Waals surface area (Å²) < 4.78 is 7.03. The summed E-state index contributed by atoms with van der Waals surface area (Å²) in [6, 6.07) is 1.67. The van der Waals surface area contributed by atoms with Gasteiger partial charge in [-0.25, -0.2) is 9.97 Å². The van der Waals surface area contributed by atoms with E-state index in [2.05, 4.69) is 20.6 Å². The summed E-state index contributed by atoms with van der Waals surface area (Å²) in [5.74, 6) is 0.556. The number of nitrogen functional groups attached to an aromatic ring is 1. The van der Waals surface area contributed by atoms with Gasteiger partial charge in [0.2, 0.25) is 0 Å². The lowest BCUT2D eigenvalue weighted by atomic mass is 10.1. The second kappa shape index (κ2) is 8.17. The summed E-state index contributed by atoms with van der Waals surface area (Å²) in [4.78, 5) is 33.8. The Kier molecular flexibility index (Phi) is 5.70. The lowest BCUT2D eigenvalue weighted by Gasteiger charge is -2.17. The summed E-state index contributed by atoms with van der Waals surface area (Å²) in [7, 11) is 0. The molecule has 3 heterocycles. The fraction of sp³-hybridized carbons (Fsp3) is 0.444. The van der Waals surface area contributed by atoms with Gasteiger partial charge in [0.1, 0.15) is 29.3 Å². The average Bonchev–Trinajstić information content (AvgIpc) is 2.68. The third kappa shape index (κ3) is 4.08. The van der Waals surface area contributed by atoms with Crippen LogP contribution in [-0.4, -0.2) is 40.2 Å². The topological polar surface area (TPSA) is 124 Å². The second-order valence-electron chi connectivity index (χ2n) is 6.48. The highest BCUT2D eigenvalue weighted by Crippen LogP contribution is 2.20.